The molecule has 1 atom stereocenters. The van der Waals surface area contributed by atoms with Gasteiger partial charge in [-0.3, -0.25) is 14.6 Å². The number of nitrogens with one attached hydrogen (secondary N) is 3. The van der Waals surface area contributed by atoms with Gasteiger partial charge in [-0.15, -0.1) is 0 Å². The Morgan fingerprint density at radius 3 is 2.64 bits per heavy atom. The Bertz CT molecular complexity index is 678. The minimum absolute atomic E-state index is 0.121. The van der Waals surface area contributed by atoms with Gasteiger partial charge >= 0.3 is 0 Å². The lowest BCUT2D eigenvalue weighted by atomic mass is 10.1. The lowest BCUT2D eigenvalue weighted by molar-refractivity contribution is -0.129. The number of nitrogens with zero attached hydrogens (tertiary/aromatic N) is 2. The maximum atomic E-state index is 12.9. The Morgan fingerprint density at radius 1 is 1.21 bits per heavy atom. The molecule has 1 aromatic rings. The lowest BCUT2D eigenvalue weighted by Crippen LogP contribution is -2.45. The van der Waals surface area contributed by atoms with Crippen molar-refractivity contribution in [3.63, 3.8) is 0 Å². The Labute approximate surface area is 165 Å². The molecule has 3 N–H and O–H groups in total. The van der Waals surface area contributed by atoms with E-state index in [1.54, 1.807) is 12.1 Å². The molecule has 2 amide bonds. The van der Waals surface area contributed by atoms with Crippen molar-refractivity contribution in [3.05, 3.63) is 35.6 Å². The Balaban J connectivity index is 1.74. The van der Waals surface area contributed by atoms with E-state index in [-0.39, 0.29) is 30.1 Å². The van der Waals surface area contributed by atoms with Crippen LogP contribution in [0.15, 0.2) is 29.3 Å². The predicted molar refractivity (Wildman–Crippen MR) is 108 cm³/mol. The Morgan fingerprint density at radius 2 is 1.96 bits per heavy atom. The number of hydrogen-bond acceptors (Lipinski definition) is 3. The fraction of sp³-hybridized carbons (Fsp3) is 0.550. The largest absolute Gasteiger partial charge is 0.357 e. The van der Waals surface area contributed by atoms with Crippen molar-refractivity contribution < 1.29 is 14.0 Å². The van der Waals surface area contributed by atoms with Crippen molar-refractivity contribution in [3.8, 4) is 0 Å². The fourth-order valence-corrected chi connectivity index (χ4v) is 3.05. The van der Waals surface area contributed by atoms with Crippen LogP contribution in [0.25, 0.3) is 0 Å². The van der Waals surface area contributed by atoms with Crippen LogP contribution in [0.1, 0.15) is 32.3 Å². The smallest absolute Gasteiger partial charge is 0.224 e. The van der Waals surface area contributed by atoms with Gasteiger partial charge in [0.1, 0.15) is 5.82 Å². The van der Waals surface area contributed by atoms with Crippen LogP contribution in [0.5, 0.6) is 0 Å². The van der Waals surface area contributed by atoms with Gasteiger partial charge < -0.3 is 20.9 Å². The second-order valence-corrected chi connectivity index (χ2v) is 6.74. The van der Waals surface area contributed by atoms with Crippen LogP contribution in [0.3, 0.4) is 0 Å². The minimum atomic E-state index is -0.314. The summed E-state index contributed by atoms with van der Waals surface area (Å²) in [5, 5.41) is 9.36. The SMILES string of the molecule is CCNC(=NCCNC(=O)Cc1ccc(F)cc1)NC1CCN(C(=O)CC)C1. The standard InChI is InChI=1S/C20H30FN5O2/c1-3-19(28)26-12-9-17(14-26)25-20(22-4-2)24-11-10-23-18(27)13-15-5-7-16(21)8-6-15/h5-8,17H,3-4,9-14H2,1-2H3,(H,23,27)(H2,22,24,25). The van der Waals surface area contributed by atoms with E-state index in [1.165, 1.54) is 12.1 Å². The molecule has 1 aliphatic rings. The van der Waals surface area contributed by atoms with Gasteiger partial charge in [0.2, 0.25) is 11.8 Å². The lowest BCUT2D eigenvalue weighted by Gasteiger charge is -2.18. The molecule has 0 bridgehead atoms. The highest BCUT2D eigenvalue weighted by molar-refractivity contribution is 5.81. The minimum Gasteiger partial charge on any atom is -0.357 e. The van der Waals surface area contributed by atoms with E-state index in [9.17, 15) is 14.0 Å². The van der Waals surface area contributed by atoms with Crippen LogP contribution >= 0.6 is 0 Å². The van der Waals surface area contributed by atoms with Gasteiger partial charge in [0.25, 0.3) is 0 Å². The molecule has 1 aliphatic heterocycles. The van der Waals surface area contributed by atoms with Crippen LogP contribution in [0.2, 0.25) is 0 Å². The zero-order valence-corrected chi connectivity index (χ0v) is 16.6. The Hall–Kier alpha value is -2.64. The number of amides is 2. The summed E-state index contributed by atoms with van der Waals surface area (Å²) in [6.07, 6.45) is 1.63. The van der Waals surface area contributed by atoms with Gasteiger partial charge in [0.05, 0.1) is 13.0 Å². The number of carbonyl (C=O) groups excluding carboxylic acids is 2. The van der Waals surface area contributed by atoms with E-state index in [0.29, 0.717) is 32.0 Å². The molecule has 0 radical (unpaired) electrons. The first kappa shape index (κ1) is 21.7. The molecular formula is C20H30FN5O2. The van der Waals surface area contributed by atoms with Gasteiger partial charge in [-0.25, -0.2) is 4.39 Å². The molecule has 1 unspecified atom stereocenters. The normalized spacial score (nSPS) is 16.8. The second-order valence-electron chi connectivity index (χ2n) is 6.74. The maximum Gasteiger partial charge on any atom is 0.224 e. The predicted octanol–water partition coefficient (Wildman–Crippen LogP) is 1.05. The average molecular weight is 391 g/mol. The van der Waals surface area contributed by atoms with Crippen molar-refractivity contribution in [2.75, 3.05) is 32.7 Å². The molecule has 2 rings (SSSR count). The van der Waals surface area contributed by atoms with Crippen LogP contribution in [-0.4, -0.2) is 61.4 Å². The number of hydrogen-bond donors (Lipinski definition) is 3. The summed E-state index contributed by atoms with van der Waals surface area (Å²) in [5.74, 6) is 0.428. The third kappa shape index (κ3) is 7.17. The first-order valence-electron chi connectivity index (χ1n) is 9.85. The summed E-state index contributed by atoms with van der Waals surface area (Å²) < 4.78 is 12.9. The number of likely N-dealkylation sites (tertiary alicyclic amines) is 1. The molecule has 0 aliphatic carbocycles. The van der Waals surface area contributed by atoms with Gasteiger partial charge in [-0.2, -0.15) is 0 Å². The first-order valence-corrected chi connectivity index (χ1v) is 9.85. The monoisotopic (exact) mass is 391 g/mol. The van der Waals surface area contributed by atoms with Crippen LogP contribution < -0.4 is 16.0 Å². The molecule has 0 spiro atoms. The van der Waals surface area contributed by atoms with Crippen molar-refractivity contribution in [1.82, 2.24) is 20.9 Å². The third-order valence-corrected chi connectivity index (χ3v) is 4.51. The van der Waals surface area contributed by atoms with E-state index in [2.05, 4.69) is 20.9 Å². The first-order chi connectivity index (χ1) is 13.5. The van der Waals surface area contributed by atoms with E-state index in [4.69, 9.17) is 0 Å². The van der Waals surface area contributed by atoms with Crippen molar-refractivity contribution in [2.45, 2.75) is 39.2 Å². The summed E-state index contributed by atoms with van der Waals surface area (Å²) >= 11 is 0. The molecule has 8 heteroatoms. The summed E-state index contributed by atoms with van der Waals surface area (Å²) in [6.45, 7) is 6.90. The molecule has 1 aromatic carbocycles. The summed E-state index contributed by atoms with van der Waals surface area (Å²) in [6, 6.07) is 6.09. The highest BCUT2D eigenvalue weighted by Crippen LogP contribution is 2.10. The van der Waals surface area contributed by atoms with Gasteiger partial charge in [-0.1, -0.05) is 19.1 Å². The van der Waals surface area contributed by atoms with Crippen molar-refractivity contribution >= 4 is 17.8 Å². The van der Waals surface area contributed by atoms with Crippen LogP contribution in [0.4, 0.5) is 4.39 Å². The van der Waals surface area contributed by atoms with Crippen LogP contribution in [0, 0.1) is 5.82 Å². The molecular weight excluding hydrogens is 361 g/mol. The molecule has 1 heterocycles. The molecule has 0 aromatic heterocycles. The second kappa shape index (κ2) is 11.3. The summed E-state index contributed by atoms with van der Waals surface area (Å²) in [5.41, 5.74) is 0.768. The summed E-state index contributed by atoms with van der Waals surface area (Å²) in [4.78, 5) is 30.1. The van der Waals surface area contributed by atoms with E-state index >= 15 is 0 Å². The highest BCUT2D eigenvalue weighted by Gasteiger charge is 2.25. The number of carbonyl (C=O) groups is 2. The quantitative estimate of drug-likeness (QED) is 0.351. The van der Waals surface area contributed by atoms with E-state index < -0.39 is 0 Å². The fourth-order valence-electron chi connectivity index (χ4n) is 3.05. The summed E-state index contributed by atoms with van der Waals surface area (Å²) in [7, 11) is 0. The van der Waals surface area contributed by atoms with Gasteiger partial charge in [-0.05, 0) is 31.0 Å². The Kier molecular flexibility index (Phi) is 8.71. The van der Waals surface area contributed by atoms with Gasteiger partial charge in [0, 0.05) is 38.6 Å². The zero-order chi connectivity index (χ0) is 20.4. The molecule has 7 nitrogen and oxygen atoms in total. The number of benzene rings is 1. The molecule has 0 saturated carbocycles. The molecule has 1 fully saturated rings. The van der Waals surface area contributed by atoms with Crippen LogP contribution in [-0.2, 0) is 16.0 Å². The number of rotatable bonds is 8. The van der Waals surface area contributed by atoms with E-state index in [0.717, 1.165) is 25.1 Å². The highest BCUT2D eigenvalue weighted by atomic mass is 19.1. The maximum absolute atomic E-state index is 12.9. The number of guanidine groups is 1. The average Bonchev–Trinajstić information content (AvgIpc) is 3.15. The number of aliphatic imine (C=N–C) groups is 1. The molecule has 28 heavy (non-hydrogen) atoms. The zero-order valence-electron chi connectivity index (χ0n) is 16.6. The van der Waals surface area contributed by atoms with Crippen molar-refractivity contribution in [1.29, 1.82) is 0 Å². The molecule has 154 valence electrons. The topological polar surface area (TPSA) is 85.8 Å². The number of halogens is 1. The third-order valence-electron chi connectivity index (χ3n) is 4.51. The van der Waals surface area contributed by atoms with Crippen molar-refractivity contribution in [2.24, 2.45) is 4.99 Å². The van der Waals surface area contributed by atoms with E-state index in [1.807, 2.05) is 18.7 Å². The van der Waals surface area contributed by atoms with Gasteiger partial charge in [0.15, 0.2) is 5.96 Å². The molecule has 1 saturated heterocycles.